The van der Waals surface area contributed by atoms with E-state index in [1.807, 2.05) is 13.8 Å². The Morgan fingerprint density at radius 1 is 1.20 bits per heavy atom. The van der Waals surface area contributed by atoms with Gasteiger partial charge >= 0.3 is 0 Å². The standard InChI is InChI=1S/C14H23NO4S/c1-10(2)8-9-15-20(16,17)13-7-6-12(18-4)11(3)14(13)19-5/h6-7,10,15H,8-9H2,1-5H3. The molecule has 0 saturated heterocycles. The molecule has 0 spiro atoms. The summed E-state index contributed by atoms with van der Waals surface area (Å²) in [7, 11) is -0.585. The fraction of sp³-hybridized carbons (Fsp3) is 0.571. The number of hydrogen-bond acceptors (Lipinski definition) is 4. The molecule has 1 aromatic rings. The smallest absolute Gasteiger partial charge is 0.244 e. The second-order valence-electron chi connectivity index (χ2n) is 5.00. The van der Waals surface area contributed by atoms with Gasteiger partial charge in [0, 0.05) is 12.1 Å². The minimum absolute atomic E-state index is 0.141. The topological polar surface area (TPSA) is 64.6 Å². The quantitative estimate of drug-likeness (QED) is 0.839. The number of nitrogens with one attached hydrogen (secondary N) is 1. The molecule has 0 radical (unpaired) electrons. The molecule has 0 aliphatic heterocycles. The molecular weight excluding hydrogens is 278 g/mol. The van der Waals surface area contributed by atoms with Crippen molar-refractivity contribution in [2.24, 2.45) is 5.92 Å². The second kappa shape index (κ2) is 6.95. The van der Waals surface area contributed by atoms with Gasteiger partial charge in [0.1, 0.15) is 16.4 Å². The van der Waals surface area contributed by atoms with Gasteiger partial charge in [-0.15, -0.1) is 0 Å². The van der Waals surface area contributed by atoms with Gasteiger partial charge < -0.3 is 9.47 Å². The summed E-state index contributed by atoms with van der Waals surface area (Å²) in [5, 5.41) is 0. The van der Waals surface area contributed by atoms with Crippen LogP contribution < -0.4 is 14.2 Å². The van der Waals surface area contributed by atoms with Gasteiger partial charge in [0.05, 0.1) is 14.2 Å². The van der Waals surface area contributed by atoms with Crippen molar-refractivity contribution in [2.45, 2.75) is 32.1 Å². The summed E-state index contributed by atoms with van der Waals surface area (Å²) in [6.07, 6.45) is 0.788. The summed E-state index contributed by atoms with van der Waals surface area (Å²) in [5.74, 6) is 1.36. The molecule has 0 aliphatic rings. The van der Waals surface area contributed by atoms with Gasteiger partial charge in [-0.25, -0.2) is 13.1 Å². The van der Waals surface area contributed by atoms with E-state index < -0.39 is 10.0 Å². The lowest BCUT2D eigenvalue weighted by atomic mass is 10.1. The van der Waals surface area contributed by atoms with Crippen LogP contribution in [-0.2, 0) is 10.0 Å². The Bertz CT molecular complexity index is 553. The Labute approximate surface area is 121 Å². The molecule has 0 unspecified atom stereocenters. The largest absolute Gasteiger partial charge is 0.496 e. The van der Waals surface area contributed by atoms with Crippen molar-refractivity contribution in [3.05, 3.63) is 17.7 Å². The lowest BCUT2D eigenvalue weighted by Crippen LogP contribution is -2.26. The van der Waals surface area contributed by atoms with Crippen molar-refractivity contribution in [1.82, 2.24) is 4.72 Å². The maximum atomic E-state index is 12.3. The van der Waals surface area contributed by atoms with E-state index in [0.29, 0.717) is 29.5 Å². The van der Waals surface area contributed by atoms with Crippen molar-refractivity contribution in [1.29, 1.82) is 0 Å². The van der Waals surface area contributed by atoms with Gasteiger partial charge in [-0.1, -0.05) is 13.8 Å². The molecule has 114 valence electrons. The summed E-state index contributed by atoms with van der Waals surface area (Å²) >= 11 is 0. The number of ether oxygens (including phenoxy) is 2. The molecule has 0 aliphatic carbocycles. The Morgan fingerprint density at radius 3 is 2.35 bits per heavy atom. The maximum absolute atomic E-state index is 12.3. The molecule has 0 heterocycles. The van der Waals surface area contributed by atoms with E-state index in [-0.39, 0.29) is 4.90 Å². The van der Waals surface area contributed by atoms with E-state index in [1.54, 1.807) is 13.0 Å². The number of benzene rings is 1. The molecule has 1 aromatic carbocycles. The summed E-state index contributed by atoms with van der Waals surface area (Å²) in [4.78, 5) is 0.141. The minimum atomic E-state index is -3.58. The summed E-state index contributed by atoms with van der Waals surface area (Å²) < 4.78 is 37.6. The third-order valence-electron chi connectivity index (χ3n) is 3.05. The first kappa shape index (κ1) is 16.8. The fourth-order valence-electron chi connectivity index (χ4n) is 1.89. The summed E-state index contributed by atoms with van der Waals surface area (Å²) in [6, 6.07) is 3.14. The van der Waals surface area contributed by atoms with Crippen LogP contribution in [0.4, 0.5) is 0 Å². The molecule has 0 fully saturated rings. The number of sulfonamides is 1. The van der Waals surface area contributed by atoms with Crippen LogP contribution in [0.5, 0.6) is 11.5 Å². The van der Waals surface area contributed by atoms with Gasteiger partial charge in [-0.3, -0.25) is 0 Å². The first-order chi connectivity index (χ1) is 9.33. The highest BCUT2D eigenvalue weighted by molar-refractivity contribution is 7.89. The summed E-state index contributed by atoms with van der Waals surface area (Å²) in [6.45, 7) is 6.28. The number of hydrogen-bond donors (Lipinski definition) is 1. The lowest BCUT2D eigenvalue weighted by Gasteiger charge is -2.15. The first-order valence-electron chi connectivity index (χ1n) is 6.54. The van der Waals surface area contributed by atoms with E-state index in [9.17, 15) is 8.42 Å². The third kappa shape index (κ3) is 3.86. The molecule has 0 amide bonds. The molecule has 6 heteroatoms. The highest BCUT2D eigenvalue weighted by Gasteiger charge is 2.22. The van der Waals surface area contributed by atoms with Crippen LogP contribution in [0.3, 0.4) is 0 Å². The Morgan fingerprint density at radius 2 is 1.85 bits per heavy atom. The van der Waals surface area contributed by atoms with Crippen molar-refractivity contribution in [3.63, 3.8) is 0 Å². The van der Waals surface area contributed by atoms with E-state index >= 15 is 0 Å². The average Bonchev–Trinajstić information content (AvgIpc) is 2.37. The van der Waals surface area contributed by atoms with Crippen LogP contribution >= 0.6 is 0 Å². The lowest BCUT2D eigenvalue weighted by molar-refractivity contribution is 0.380. The molecule has 0 bridgehead atoms. The van der Waals surface area contributed by atoms with Crippen LogP contribution in [0, 0.1) is 12.8 Å². The predicted molar refractivity (Wildman–Crippen MR) is 78.9 cm³/mol. The number of methoxy groups -OCH3 is 2. The molecule has 0 atom stereocenters. The van der Waals surface area contributed by atoms with E-state index in [4.69, 9.17) is 9.47 Å². The molecule has 1 N–H and O–H groups in total. The van der Waals surface area contributed by atoms with Crippen LogP contribution in [0.1, 0.15) is 25.8 Å². The first-order valence-corrected chi connectivity index (χ1v) is 8.03. The van der Waals surface area contributed by atoms with Crippen LogP contribution in [0.2, 0.25) is 0 Å². The molecule has 5 nitrogen and oxygen atoms in total. The number of rotatable bonds is 7. The van der Waals surface area contributed by atoms with E-state index in [1.165, 1.54) is 20.3 Å². The second-order valence-corrected chi connectivity index (χ2v) is 6.74. The van der Waals surface area contributed by atoms with Crippen LogP contribution in [-0.4, -0.2) is 29.2 Å². The zero-order valence-electron chi connectivity index (χ0n) is 12.7. The van der Waals surface area contributed by atoms with Crippen molar-refractivity contribution >= 4 is 10.0 Å². The highest BCUT2D eigenvalue weighted by Crippen LogP contribution is 2.33. The van der Waals surface area contributed by atoms with Gasteiger partial charge in [0.2, 0.25) is 10.0 Å². The van der Waals surface area contributed by atoms with Gasteiger partial charge in [0.25, 0.3) is 0 Å². The third-order valence-corrected chi connectivity index (χ3v) is 4.53. The average molecular weight is 301 g/mol. The van der Waals surface area contributed by atoms with Gasteiger partial charge in [0.15, 0.2) is 0 Å². The summed E-state index contributed by atoms with van der Waals surface area (Å²) in [5.41, 5.74) is 0.668. The van der Waals surface area contributed by atoms with E-state index in [0.717, 1.165) is 6.42 Å². The Balaban J connectivity index is 3.09. The van der Waals surface area contributed by atoms with Crippen LogP contribution in [0.25, 0.3) is 0 Å². The van der Waals surface area contributed by atoms with Crippen LogP contribution in [0.15, 0.2) is 17.0 Å². The SMILES string of the molecule is COc1ccc(S(=O)(=O)NCCC(C)C)c(OC)c1C. The zero-order chi connectivity index (χ0) is 15.3. The zero-order valence-corrected chi connectivity index (χ0v) is 13.5. The fourth-order valence-corrected chi connectivity index (χ4v) is 3.16. The van der Waals surface area contributed by atoms with Crippen molar-refractivity contribution in [2.75, 3.05) is 20.8 Å². The normalized spacial score (nSPS) is 11.7. The van der Waals surface area contributed by atoms with Gasteiger partial charge in [-0.2, -0.15) is 0 Å². The maximum Gasteiger partial charge on any atom is 0.244 e. The highest BCUT2D eigenvalue weighted by atomic mass is 32.2. The Hall–Kier alpha value is -1.27. The minimum Gasteiger partial charge on any atom is -0.496 e. The molecule has 0 aromatic heterocycles. The monoisotopic (exact) mass is 301 g/mol. The van der Waals surface area contributed by atoms with Gasteiger partial charge in [-0.05, 0) is 31.4 Å². The molecule has 20 heavy (non-hydrogen) atoms. The van der Waals surface area contributed by atoms with Crippen molar-refractivity contribution < 1.29 is 17.9 Å². The molecule has 1 rings (SSSR count). The van der Waals surface area contributed by atoms with Crippen molar-refractivity contribution in [3.8, 4) is 11.5 Å². The Kier molecular flexibility index (Phi) is 5.83. The van der Waals surface area contributed by atoms with E-state index in [2.05, 4.69) is 4.72 Å². The predicted octanol–water partition coefficient (Wildman–Crippen LogP) is 2.34. The molecular formula is C14H23NO4S. The molecule has 0 saturated carbocycles.